The molecule has 2 heterocycles. The van der Waals surface area contributed by atoms with E-state index in [1.54, 1.807) is 0 Å². The minimum atomic E-state index is -0.255. The molecule has 0 saturated carbocycles. The van der Waals surface area contributed by atoms with Gasteiger partial charge in [-0.1, -0.05) is 13.8 Å². The van der Waals surface area contributed by atoms with Gasteiger partial charge in [-0.05, 0) is 19.8 Å². The van der Waals surface area contributed by atoms with Crippen molar-refractivity contribution in [2.24, 2.45) is 0 Å². The van der Waals surface area contributed by atoms with Crippen molar-refractivity contribution in [2.75, 3.05) is 13.2 Å². The summed E-state index contributed by atoms with van der Waals surface area (Å²) in [5, 5.41) is 9.51. The highest BCUT2D eigenvalue weighted by Gasteiger charge is 2.30. The third kappa shape index (κ3) is 2.87. The fraction of sp³-hybridized carbons (Fsp3) is 0.750. The third-order valence-corrected chi connectivity index (χ3v) is 3.18. The third-order valence-electron chi connectivity index (χ3n) is 3.18. The van der Waals surface area contributed by atoms with E-state index < -0.39 is 0 Å². The molecular weight excluding hydrogens is 232 g/mol. The van der Waals surface area contributed by atoms with Crippen LogP contribution in [0.1, 0.15) is 56.0 Å². The van der Waals surface area contributed by atoms with E-state index in [2.05, 4.69) is 20.5 Å². The molecule has 1 aromatic heterocycles. The van der Waals surface area contributed by atoms with Crippen molar-refractivity contribution < 1.29 is 9.53 Å². The van der Waals surface area contributed by atoms with Gasteiger partial charge in [-0.3, -0.25) is 9.89 Å². The topological polar surface area (TPSA) is 79.9 Å². The van der Waals surface area contributed by atoms with Crippen LogP contribution >= 0.6 is 0 Å². The maximum Gasteiger partial charge on any atom is 0.291 e. The monoisotopic (exact) mass is 252 g/mol. The number of aromatic nitrogens is 3. The molecule has 2 N–H and O–H groups in total. The normalized spacial score (nSPS) is 23.6. The Morgan fingerprint density at radius 3 is 2.94 bits per heavy atom. The van der Waals surface area contributed by atoms with Crippen LogP contribution in [-0.2, 0) is 4.74 Å². The molecule has 1 amide bonds. The summed E-state index contributed by atoms with van der Waals surface area (Å²) >= 11 is 0. The van der Waals surface area contributed by atoms with Gasteiger partial charge in [0.05, 0.1) is 5.60 Å². The van der Waals surface area contributed by atoms with Gasteiger partial charge in [0.2, 0.25) is 5.82 Å². The van der Waals surface area contributed by atoms with E-state index in [1.807, 2.05) is 20.8 Å². The number of hydrogen-bond acceptors (Lipinski definition) is 4. The van der Waals surface area contributed by atoms with Crippen molar-refractivity contribution in [3.8, 4) is 0 Å². The number of aromatic amines is 1. The lowest BCUT2D eigenvalue weighted by atomic mass is 10.0. The van der Waals surface area contributed by atoms with Crippen LogP contribution in [0.4, 0.5) is 0 Å². The van der Waals surface area contributed by atoms with Crippen LogP contribution in [0.2, 0.25) is 0 Å². The fourth-order valence-corrected chi connectivity index (χ4v) is 1.96. The zero-order chi connectivity index (χ0) is 13.2. The highest BCUT2D eigenvalue weighted by molar-refractivity contribution is 5.90. The van der Waals surface area contributed by atoms with E-state index >= 15 is 0 Å². The van der Waals surface area contributed by atoms with Crippen molar-refractivity contribution in [1.29, 1.82) is 0 Å². The smallest absolute Gasteiger partial charge is 0.291 e. The zero-order valence-electron chi connectivity index (χ0n) is 11.1. The van der Waals surface area contributed by atoms with Gasteiger partial charge in [-0.15, -0.1) is 5.10 Å². The van der Waals surface area contributed by atoms with E-state index in [9.17, 15) is 4.79 Å². The minimum Gasteiger partial charge on any atom is -0.373 e. The maximum atomic E-state index is 11.9. The van der Waals surface area contributed by atoms with Crippen LogP contribution in [0.5, 0.6) is 0 Å². The molecular formula is C12H20N4O2. The Kier molecular flexibility index (Phi) is 3.65. The van der Waals surface area contributed by atoms with Crippen LogP contribution in [0.15, 0.2) is 0 Å². The number of amides is 1. The van der Waals surface area contributed by atoms with Crippen LogP contribution in [0.25, 0.3) is 0 Å². The van der Waals surface area contributed by atoms with Gasteiger partial charge in [0.15, 0.2) is 0 Å². The van der Waals surface area contributed by atoms with Gasteiger partial charge < -0.3 is 10.1 Å². The van der Waals surface area contributed by atoms with Crippen LogP contribution in [-0.4, -0.2) is 39.8 Å². The van der Waals surface area contributed by atoms with E-state index in [0.29, 0.717) is 6.54 Å². The van der Waals surface area contributed by atoms with Gasteiger partial charge in [-0.2, -0.15) is 0 Å². The summed E-state index contributed by atoms with van der Waals surface area (Å²) in [5.41, 5.74) is -0.243. The minimum absolute atomic E-state index is 0.195. The standard InChI is InChI=1S/C12H20N4O2/c1-8(2)9-14-10(16-15-9)11(17)13-7-12(3)5-4-6-18-12/h8H,4-7H2,1-3H3,(H,13,17)(H,14,15,16). The molecule has 1 aromatic rings. The molecule has 1 aliphatic heterocycles. The molecule has 0 radical (unpaired) electrons. The maximum absolute atomic E-state index is 11.9. The first-order valence-electron chi connectivity index (χ1n) is 6.35. The number of carbonyl (C=O) groups excluding carboxylic acids is 1. The van der Waals surface area contributed by atoms with Crippen LogP contribution < -0.4 is 5.32 Å². The predicted octanol–water partition coefficient (Wildman–Crippen LogP) is 1.23. The molecule has 1 aliphatic rings. The number of nitrogens with zero attached hydrogens (tertiary/aromatic N) is 2. The molecule has 1 unspecified atom stereocenters. The zero-order valence-corrected chi connectivity index (χ0v) is 11.1. The molecule has 0 bridgehead atoms. The highest BCUT2D eigenvalue weighted by Crippen LogP contribution is 2.23. The quantitative estimate of drug-likeness (QED) is 0.844. The van der Waals surface area contributed by atoms with Gasteiger partial charge in [0.25, 0.3) is 5.91 Å². The largest absolute Gasteiger partial charge is 0.373 e. The number of hydrogen-bond donors (Lipinski definition) is 2. The molecule has 1 fully saturated rings. The van der Waals surface area contributed by atoms with Gasteiger partial charge in [0, 0.05) is 19.1 Å². The molecule has 0 aromatic carbocycles. The Hall–Kier alpha value is -1.43. The lowest BCUT2D eigenvalue weighted by Crippen LogP contribution is -2.40. The van der Waals surface area contributed by atoms with E-state index in [0.717, 1.165) is 25.3 Å². The number of H-pyrrole nitrogens is 1. The summed E-state index contributed by atoms with van der Waals surface area (Å²) in [6.45, 7) is 7.27. The Morgan fingerprint density at radius 2 is 2.39 bits per heavy atom. The summed E-state index contributed by atoms with van der Waals surface area (Å²) in [6, 6.07) is 0. The second-order valence-electron chi connectivity index (χ2n) is 5.28. The molecule has 1 saturated heterocycles. The predicted molar refractivity (Wildman–Crippen MR) is 66.4 cm³/mol. The Bertz CT molecular complexity index is 421. The van der Waals surface area contributed by atoms with E-state index in [4.69, 9.17) is 4.74 Å². The molecule has 2 rings (SSSR count). The first-order valence-corrected chi connectivity index (χ1v) is 6.35. The van der Waals surface area contributed by atoms with Gasteiger partial charge in [0.1, 0.15) is 5.82 Å². The van der Waals surface area contributed by atoms with Gasteiger partial charge >= 0.3 is 0 Å². The molecule has 0 aliphatic carbocycles. The first-order chi connectivity index (χ1) is 8.50. The number of carbonyl (C=O) groups is 1. The first kappa shape index (κ1) is 13.0. The second kappa shape index (κ2) is 5.06. The van der Waals surface area contributed by atoms with Gasteiger partial charge in [-0.25, -0.2) is 4.98 Å². The van der Waals surface area contributed by atoms with Crippen molar-refractivity contribution in [3.05, 3.63) is 11.6 Å². The summed E-state index contributed by atoms with van der Waals surface area (Å²) in [4.78, 5) is 16.0. The summed E-state index contributed by atoms with van der Waals surface area (Å²) in [5.74, 6) is 0.897. The van der Waals surface area contributed by atoms with E-state index in [1.165, 1.54) is 0 Å². The highest BCUT2D eigenvalue weighted by atomic mass is 16.5. The lowest BCUT2D eigenvalue weighted by molar-refractivity contribution is 0.0205. The second-order valence-corrected chi connectivity index (χ2v) is 5.28. The molecule has 1 atom stereocenters. The molecule has 18 heavy (non-hydrogen) atoms. The Labute approximate surface area is 107 Å². The summed E-state index contributed by atoms with van der Waals surface area (Å²) in [6.07, 6.45) is 2.02. The molecule has 6 heteroatoms. The van der Waals surface area contributed by atoms with Crippen LogP contribution in [0, 0.1) is 0 Å². The molecule has 100 valence electrons. The Balaban J connectivity index is 1.91. The average molecular weight is 252 g/mol. The molecule has 0 spiro atoms. The number of ether oxygens (including phenoxy) is 1. The van der Waals surface area contributed by atoms with E-state index in [-0.39, 0.29) is 23.3 Å². The van der Waals surface area contributed by atoms with Crippen LogP contribution in [0.3, 0.4) is 0 Å². The fourth-order valence-electron chi connectivity index (χ4n) is 1.96. The van der Waals surface area contributed by atoms with Crippen molar-refractivity contribution in [1.82, 2.24) is 20.5 Å². The van der Waals surface area contributed by atoms with Crippen molar-refractivity contribution >= 4 is 5.91 Å². The van der Waals surface area contributed by atoms with Crippen molar-refractivity contribution in [2.45, 2.75) is 45.1 Å². The average Bonchev–Trinajstić information content (AvgIpc) is 2.95. The summed E-state index contributed by atoms with van der Waals surface area (Å²) < 4.78 is 5.61. The Morgan fingerprint density at radius 1 is 1.61 bits per heavy atom. The lowest BCUT2D eigenvalue weighted by Gasteiger charge is -2.22. The molecule has 6 nitrogen and oxygen atoms in total. The van der Waals surface area contributed by atoms with Crippen molar-refractivity contribution in [3.63, 3.8) is 0 Å². The SMILES string of the molecule is CC(C)c1nc(C(=O)NCC2(C)CCCO2)n[nH]1. The number of nitrogens with one attached hydrogen (secondary N) is 2. The summed E-state index contributed by atoms with van der Waals surface area (Å²) in [7, 11) is 0. The number of rotatable bonds is 4.